The minimum absolute atomic E-state index is 0.181. The quantitative estimate of drug-likeness (QED) is 0.723. The van der Waals surface area contributed by atoms with Crippen LogP contribution in [0.4, 0.5) is 0 Å². The minimum Gasteiger partial charge on any atom is -0.308 e. The predicted molar refractivity (Wildman–Crippen MR) is 96.4 cm³/mol. The van der Waals surface area contributed by atoms with Crippen LogP contribution in [-0.4, -0.2) is 18.7 Å². The third-order valence-electron chi connectivity index (χ3n) is 4.86. The van der Waals surface area contributed by atoms with Gasteiger partial charge in [-0.1, -0.05) is 43.0 Å². The average molecular weight is 359 g/mol. The number of fused-ring (bicyclic) bond motifs is 1. The Morgan fingerprint density at radius 1 is 1.12 bits per heavy atom. The number of nitrogens with zero attached hydrogens (tertiary/aromatic N) is 4. The first kappa shape index (κ1) is 16.1. The van der Waals surface area contributed by atoms with Gasteiger partial charge in [0.15, 0.2) is 0 Å². The zero-order valence-electron chi connectivity index (χ0n) is 13.8. The molecule has 0 bridgehead atoms. The molecule has 0 spiro atoms. The third-order valence-corrected chi connectivity index (χ3v) is 5.10. The highest BCUT2D eigenvalue weighted by Crippen LogP contribution is 2.26. The standard InChI is InChI=1S/C18H19ClN4O2/c19-14-6-4-5-13(11-14)12-23-18(25)22-10-9-21(17(24)16(22)20-23)15-7-2-1-3-8-15/h4-6,9-11,15H,1-3,7-8,12H2. The SMILES string of the molecule is O=c1c2nn(Cc3cccc(Cl)c3)c(=O)n2ccn1C1CCCCC1. The van der Waals surface area contributed by atoms with Crippen molar-refractivity contribution < 1.29 is 0 Å². The van der Waals surface area contributed by atoms with E-state index < -0.39 is 0 Å². The first-order valence-corrected chi connectivity index (χ1v) is 8.96. The van der Waals surface area contributed by atoms with Crippen LogP contribution in [0.5, 0.6) is 0 Å². The van der Waals surface area contributed by atoms with E-state index in [1.807, 2.05) is 12.1 Å². The molecule has 1 fully saturated rings. The van der Waals surface area contributed by atoms with Crippen LogP contribution in [0.3, 0.4) is 0 Å². The van der Waals surface area contributed by atoms with Crippen LogP contribution >= 0.6 is 11.6 Å². The van der Waals surface area contributed by atoms with E-state index in [4.69, 9.17) is 11.6 Å². The van der Waals surface area contributed by atoms with Crippen LogP contribution in [0.15, 0.2) is 46.2 Å². The van der Waals surface area contributed by atoms with Gasteiger partial charge in [-0.25, -0.2) is 13.9 Å². The molecule has 1 aliphatic carbocycles. The van der Waals surface area contributed by atoms with Gasteiger partial charge in [0, 0.05) is 23.5 Å². The Labute approximate surface area is 149 Å². The van der Waals surface area contributed by atoms with Crippen LogP contribution in [0.1, 0.15) is 43.7 Å². The van der Waals surface area contributed by atoms with Crippen molar-refractivity contribution in [2.24, 2.45) is 0 Å². The summed E-state index contributed by atoms with van der Waals surface area (Å²) in [5, 5.41) is 4.89. The summed E-state index contributed by atoms with van der Waals surface area (Å²) in [7, 11) is 0. The van der Waals surface area contributed by atoms with Crippen molar-refractivity contribution in [3.05, 3.63) is 68.1 Å². The Balaban J connectivity index is 1.75. The van der Waals surface area contributed by atoms with Gasteiger partial charge in [-0.3, -0.25) is 4.79 Å². The van der Waals surface area contributed by atoms with Gasteiger partial charge in [0.2, 0.25) is 5.65 Å². The molecule has 0 unspecified atom stereocenters. The largest absolute Gasteiger partial charge is 0.350 e. The number of benzene rings is 1. The normalized spacial score (nSPS) is 15.7. The Bertz CT molecular complexity index is 1030. The Kier molecular flexibility index (Phi) is 4.21. The van der Waals surface area contributed by atoms with Gasteiger partial charge in [-0.15, -0.1) is 5.10 Å². The lowest BCUT2D eigenvalue weighted by Crippen LogP contribution is -2.28. The van der Waals surface area contributed by atoms with E-state index in [1.54, 1.807) is 29.1 Å². The van der Waals surface area contributed by atoms with E-state index >= 15 is 0 Å². The summed E-state index contributed by atoms with van der Waals surface area (Å²) in [6.45, 7) is 0.282. The van der Waals surface area contributed by atoms with E-state index in [1.165, 1.54) is 15.5 Å². The highest BCUT2D eigenvalue weighted by Gasteiger charge is 2.19. The third kappa shape index (κ3) is 3.02. The topological polar surface area (TPSA) is 61.3 Å². The molecule has 0 N–H and O–H groups in total. The van der Waals surface area contributed by atoms with Crippen molar-refractivity contribution in [1.29, 1.82) is 0 Å². The van der Waals surface area contributed by atoms with Crippen LogP contribution in [0.2, 0.25) is 5.02 Å². The van der Waals surface area contributed by atoms with E-state index in [9.17, 15) is 9.59 Å². The molecule has 0 radical (unpaired) electrons. The Morgan fingerprint density at radius 3 is 2.68 bits per heavy atom. The first-order chi connectivity index (χ1) is 12.1. The van der Waals surface area contributed by atoms with E-state index in [2.05, 4.69) is 5.10 Å². The van der Waals surface area contributed by atoms with E-state index in [-0.39, 0.29) is 29.5 Å². The molecule has 25 heavy (non-hydrogen) atoms. The molecular weight excluding hydrogens is 340 g/mol. The van der Waals surface area contributed by atoms with Crippen molar-refractivity contribution in [3.8, 4) is 0 Å². The van der Waals surface area contributed by atoms with Crippen molar-refractivity contribution in [2.45, 2.75) is 44.7 Å². The maximum atomic E-state index is 12.8. The van der Waals surface area contributed by atoms with Gasteiger partial charge < -0.3 is 4.57 Å². The molecule has 3 aromatic rings. The molecule has 0 aliphatic heterocycles. The fourth-order valence-corrected chi connectivity index (χ4v) is 3.79. The molecular formula is C18H19ClN4O2. The van der Waals surface area contributed by atoms with Gasteiger partial charge in [-0.2, -0.15) is 0 Å². The summed E-state index contributed by atoms with van der Waals surface area (Å²) in [4.78, 5) is 25.3. The van der Waals surface area contributed by atoms with Crippen molar-refractivity contribution in [1.82, 2.24) is 18.7 Å². The summed E-state index contributed by atoms with van der Waals surface area (Å²) in [6.07, 6.45) is 8.87. The van der Waals surface area contributed by atoms with Gasteiger partial charge in [0.05, 0.1) is 6.54 Å². The number of hydrogen-bond acceptors (Lipinski definition) is 3. The summed E-state index contributed by atoms with van der Waals surface area (Å²) < 4.78 is 4.38. The second-order valence-corrected chi connectivity index (χ2v) is 7.00. The molecule has 4 rings (SSSR count). The molecule has 1 aliphatic rings. The first-order valence-electron chi connectivity index (χ1n) is 8.58. The van der Waals surface area contributed by atoms with Crippen LogP contribution in [-0.2, 0) is 6.54 Å². The lowest BCUT2D eigenvalue weighted by atomic mass is 9.95. The molecule has 2 heterocycles. The smallest absolute Gasteiger partial charge is 0.308 e. The van der Waals surface area contributed by atoms with Crippen LogP contribution < -0.4 is 11.2 Å². The Morgan fingerprint density at radius 2 is 1.92 bits per heavy atom. The number of halogens is 1. The van der Waals surface area contributed by atoms with Crippen molar-refractivity contribution >= 4 is 17.2 Å². The monoisotopic (exact) mass is 358 g/mol. The van der Waals surface area contributed by atoms with E-state index in [0.717, 1.165) is 31.2 Å². The maximum absolute atomic E-state index is 12.8. The Hall–Kier alpha value is -2.34. The fraction of sp³-hybridized carbons (Fsp3) is 0.389. The van der Waals surface area contributed by atoms with Gasteiger partial charge in [0.1, 0.15) is 0 Å². The molecule has 0 amide bonds. The number of rotatable bonds is 3. The molecule has 7 heteroatoms. The van der Waals surface area contributed by atoms with Gasteiger partial charge in [0.25, 0.3) is 5.56 Å². The van der Waals surface area contributed by atoms with Crippen LogP contribution in [0, 0.1) is 0 Å². The zero-order valence-corrected chi connectivity index (χ0v) is 14.5. The minimum atomic E-state index is -0.317. The predicted octanol–water partition coefficient (Wildman–Crippen LogP) is 2.86. The second kappa shape index (κ2) is 6.52. The maximum Gasteiger partial charge on any atom is 0.350 e. The van der Waals surface area contributed by atoms with Gasteiger partial charge >= 0.3 is 5.69 Å². The molecule has 130 valence electrons. The zero-order chi connectivity index (χ0) is 17.4. The highest BCUT2D eigenvalue weighted by molar-refractivity contribution is 6.30. The number of hydrogen-bond donors (Lipinski definition) is 0. The van der Waals surface area contributed by atoms with Crippen molar-refractivity contribution in [2.75, 3.05) is 0 Å². The summed E-state index contributed by atoms with van der Waals surface area (Å²) in [6, 6.07) is 7.48. The molecule has 0 atom stereocenters. The molecule has 1 saturated carbocycles. The molecule has 1 aromatic carbocycles. The lowest BCUT2D eigenvalue weighted by Gasteiger charge is -2.23. The summed E-state index contributed by atoms with van der Waals surface area (Å²) in [5.74, 6) is 0. The molecule has 2 aromatic heterocycles. The summed E-state index contributed by atoms with van der Waals surface area (Å²) >= 11 is 6.00. The summed E-state index contributed by atoms with van der Waals surface area (Å²) in [5.41, 5.74) is 0.532. The fourth-order valence-electron chi connectivity index (χ4n) is 3.58. The molecule has 0 saturated heterocycles. The average Bonchev–Trinajstić information content (AvgIpc) is 2.93. The molecule has 6 nitrogen and oxygen atoms in total. The van der Waals surface area contributed by atoms with Crippen molar-refractivity contribution in [3.63, 3.8) is 0 Å². The van der Waals surface area contributed by atoms with E-state index in [0.29, 0.717) is 5.02 Å². The highest BCUT2D eigenvalue weighted by atomic mass is 35.5. The lowest BCUT2D eigenvalue weighted by molar-refractivity contribution is 0.346. The second-order valence-electron chi connectivity index (χ2n) is 6.57. The van der Waals surface area contributed by atoms with Crippen LogP contribution in [0.25, 0.3) is 5.65 Å². The van der Waals surface area contributed by atoms with Gasteiger partial charge in [-0.05, 0) is 30.5 Å². The number of aromatic nitrogens is 4.